The molecule has 7 nitrogen and oxygen atoms in total. The minimum absolute atomic E-state index is 0.0275. The Morgan fingerprint density at radius 1 is 1.38 bits per heavy atom. The maximum absolute atomic E-state index is 13.2. The number of carbonyl (C=O) groups is 1. The molecule has 0 amide bonds. The number of thioether (sulfide) groups is 1. The number of fused-ring (bicyclic) bond motifs is 1. The highest BCUT2D eigenvalue weighted by Crippen LogP contribution is 2.38. The van der Waals surface area contributed by atoms with Gasteiger partial charge in [0.25, 0.3) is 0 Å². The summed E-state index contributed by atoms with van der Waals surface area (Å²) in [5.74, 6) is 0.374. The number of rotatable bonds is 3. The van der Waals surface area contributed by atoms with Crippen molar-refractivity contribution in [2.75, 3.05) is 18.2 Å². The number of benzene rings is 1. The van der Waals surface area contributed by atoms with Crippen LogP contribution in [-0.2, 0) is 25.2 Å². The van der Waals surface area contributed by atoms with Crippen molar-refractivity contribution in [2.24, 2.45) is 4.99 Å². The first-order chi connectivity index (χ1) is 14.0. The second kappa shape index (κ2) is 7.05. The number of para-hydroxylation sites is 1. The molecule has 1 fully saturated rings. The highest BCUT2D eigenvalue weighted by atomic mass is 32.2. The molecule has 3 atom stereocenters. The first-order valence-electron chi connectivity index (χ1n) is 9.84. The predicted molar refractivity (Wildman–Crippen MR) is 115 cm³/mol. The van der Waals surface area contributed by atoms with Gasteiger partial charge >= 0.3 is 5.97 Å². The first-order valence-corrected chi connectivity index (χ1v) is 12.5. The molecule has 9 heteroatoms. The van der Waals surface area contributed by atoms with Crippen molar-refractivity contribution in [3.8, 4) is 0 Å². The molecule has 1 N–H and O–H groups in total. The normalized spacial score (nSPS) is 27.6. The third-order valence-corrected chi connectivity index (χ3v) is 9.29. The summed E-state index contributed by atoms with van der Waals surface area (Å²) in [6, 6.07) is 7.88. The summed E-state index contributed by atoms with van der Waals surface area (Å²) in [6.07, 6.45) is 2.75. The van der Waals surface area contributed by atoms with Gasteiger partial charge in [0.2, 0.25) is 0 Å². The number of nitrogens with zero attached hydrogens (tertiary/aromatic N) is 2. The third-order valence-electron chi connectivity index (χ3n) is 6.05. The van der Waals surface area contributed by atoms with Gasteiger partial charge in [-0.2, -0.15) is 0 Å². The minimum Gasteiger partial charge on any atom is -0.469 e. The zero-order valence-corrected chi connectivity index (χ0v) is 17.8. The van der Waals surface area contributed by atoms with Crippen LogP contribution in [0.4, 0.5) is 5.69 Å². The van der Waals surface area contributed by atoms with E-state index in [1.54, 1.807) is 11.8 Å². The fourth-order valence-electron chi connectivity index (χ4n) is 4.68. The molecule has 3 heterocycles. The molecular formula is C20H23N3O4S2. The summed E-state index contributed by atoms with van der Waals surface area (Å²) in [7, 11) is -1.93. The van der Waals surface area contributed by atoms with E-state index in [2.05, 4.69) is 5.32 Å². The lowest BCUT2D eigenvalue weighted by Crippen LogP contribution is -2.38. The molecule has 154 valence electrons. The van der Waals surface area contributed by atoms with E-state index in [1.807, 2.05) is 28.8 Å². The van der Waals surface area contributed by atoms with Crippen molar-refractivity contribution in [1.82, 2.24) is 4.57 Å². The summed E-state index contributed by atoms with van der Waals surface area (Å²) in [4.78, 5) is 16.3. The molecule has 1 aromatic heterocycles. The van der Waals surface area contributed by atoms with E-state index < -0.39 is 9.84 Å². The minimum atomic E-state index is -3.31. The highest BCUT2D eigenvalue weighted by molar-refractivity contribution is 8.14. The summed E-state index contributed by atoms with van der Waals surface area (Å²) in [5, 5.41) is 4.95. The van der Waals surface area contributed by atoms with Crippen LogP contribution in [0.15, 0.2) is 29.3 Å². The lowest BCUT2D eigenvalue weighted by atomic mass is 10.2. The summed E-state index contributed by atoms with van der Waals surface area (Å²) >= 11 is 1.57. The van der Waals surface area contributed by atoms with Crippen LogP contribution in [0.1, 0.15) is 31.4 Å². The Kier molecular flexibility index (Phi) is 4.62. The SMILES string of the molecule is COC(=O)CC1CSC(c2cc3cccc4c3n2CS(=O)(=O)C2CCCC2N4)=N1. The molecule has 2 aliphatic heterocycles. The number of anilines is 1. The van der Waals surface area contributed by atoms with Crippen LogP contribution in [-0.4, -0.2) is 54.2 Å². The van der Waals surface area contributed by atoms with Crippen LogP contribution in [0.3, 0.4) is 0 Å². The fraction of sp³-hybridized carbons (Fsp3) is 0.500. The van der Waals surface area contributed by atoms with Gasteiger partial charge in [0, 0.05) is 17.2 Å². The quantitative estimate of drug-likeness (QED) is 0.749. The lowest BCUT2D eigenvalue weighted by molar-refractivity contribution is -0.140. The summed E-state index contributed by atoms with van der Waals surface area (Å²) in [5.41, 5.74) is 2.71. The second-order valence-electron chi connectivity index (χ2n) is 7.89. The Hall–Kier alpha value is -2.00. The van der Waals surface area contributed by atoms with Gasteiger partial charge in [-0.05, 0) is 31.4 Å². The molecular weight excluding hydrogens is 410 g/mol. The molecule has 3 aliphatic rings. The van der Waals surface area contributed by atoms with Crippen molar-refractivity contribution in [1.29, 1.82) is 0 Å². The molecule has 0 spiro atoms. The van der Waals surface area contributed by atoms with Crippen molar-refractivity contribution in [3.05, 3.63) is 30.0 Å². The molecule has 29 heavy (non-hydrogen) atoms. The van der Waals surface area contributed by atoms with Gasteiger partial charge in [0.05, 0.1) is 41.7 Å². The fourth-order valence-corrected chi connectivity index (χ4v) is 7.82. The number of aliphatic imine (C=N–C) groups is 1. The number of hydrogen-bond acceptors (Lipinski definition) is 7. The van der Waals surface area contributed by atoms with Crippen LogP contribution in [0.5, 0.6) is 0 Å². The number of esters is 1. The van der Waals surface area contributed by atoms with Gasteiger partial charge < -0.3 is 14.6 Å². The Balaban J connectivity index is 1.62. The molecule has 0 radical (unpaired) electrons. The zero-order chi connectivity index (χ0) is 20.2. The van der Waals surface area contributed by atoms with E-state index in [0.29, 0.717) is 12.2 Å². The van der Waals surface area contributed by atoms with Gasteiger partial charge in [-0.25, -0.2) is 8.42 Å². The van der Waals surface area contributed by atoms with E-state index in [9.17, 15) is 13.2 Å². The second-order valence-corrected chi connectivity index (χ2v) is 11.1. The molecule has 0 saturated heterocycles. The van der Waals surface area contributed by atoms with E-state index in [4.69, 9.17) is 9.73 Å². The van der Waals surface area contributed by atoms with E-state index >= 15 is 0 Å². The van der Waals surface area contributed by atoms with E-state index in [0.717, 1.165) is 40.2 Å². The average molecular weight is 434 g/mol. The lowest BCUT2D eigenvalue weighted by Gasteiger charge is -2.27. The van der Waals surface area contributed by atoms with Gasteiger partial charge in [0.1, 0.15) is 10.9 Å². The smallest absolute Gasteiger partial charge is 0.307 e. The monoisotopic (exact) mass is 433 g/mol. The van der Waals surface area contributed by atoms with Gasteiger partial charge in [0.15, 0.2) is 9.84 Å². The topological polar surface area (TPSA) is 89.8 Å². The van der Waals surface area contributed by atoms with Crippen LogP contribution >= 0.6 is 11.8 Å². The van der Waals surface area contributed by atoms with Gasteiger partial charge in [-0.3, -0.25) is 9.79 Å². The Morgan fingerprint density at radius 3 is 3.07 bits per heavy atom. The molecule has 2 aromatic rings. The molecule has 1 saturated carbocycles. The standard InChI is InChI=1S/C20H23N3O4S2/c1-27-18(24)9-13-10-28-20(21-13)16-8-12-4-2-6-15-19(12)23(16)11-29(25,26)17-7-3-5-14(17)22-15/h2,4,6,8,13-14,17,22H,3,5,7,9-11H2,1H3. The van der Waals surface area contributed by atoms with E-state index in [1.165, 1.54) is 7.11 Å². The predicted octanol–water partition coefficient (Wildman–Crippen LogP) is 2.79. The summed E-state index contributed by atoms with van der Waals surface area (Å²) < 4.78 is 33.1. The highest BCUT2D eigenvalue weighted by Gasteiger charge is 2.40. The summed E-state index contributed by atoms with van der Waals surface area (Å²) in [6.45, 7) is 0. The molecule has 5 rings (SSSR count). The Labute approximate surface area is 173 Å². The average Bonchev–Trinajstić information content (AvgIpc) is 3.40. The van der Waals surface area contributed by atoms with Crippen LogP contribution in [0.2, 0.25) is 0 Å². The molecule has 1 aromatic carbocycles. The van der Waals surface area contributed by atoms with Crippen molar-refractivity contribution < 1.29 is 17.9 Å². The van der Waals surface area contributed by atoms with Crippen molar-refractivity contribution >= 4 is 49.2 Å². The first kappa shape index (κ1) is 19.0. The number of nitrogens with one attached hydrogen (secondary N) is 1. The number of aromatic nitrogens is 1. The number of hydrogen-bond donors (Lipinski definition) is 1. The number of ether oxygens (including phenoxy) is 1. The maximum atomic E-state index is 13.2. The van der Waals surface area contributed by atoms with Gasteiger partial charge in [-0.15, -0.1) is 11.8 Å². The molecule has 3 unspecified atom stereocenters. The number of methoxy groups -OCH3 is 1. The number of carbonyl (C=O) groups excluding carboxylic acids is 1. The molecule has 1 aliphatic carbocycles. The largest absolute Gasteiger partial charge is 0.469 e. The zero-order valence-electron chi connectivity index (χ0n) is 16.1. The van der Waals surface area contributed by atoms with Crippen LogP contribution in [0, 0.1) is 0 Å². The van der Waals surface area contributed by atoms with Crippen LogP contribution in [0.25, 0.3) is 10.9 Å². The van der Waals surface area contributed by atoms with E-state index in [-0.39, 0.29) is 35.6 Å². The van der Waals surface area contributed by atoms with Crippen molar-refractivity contribution in [2.45, 2.75) is 48.9 Å². The Morgan fingerprint density at radius 2 is 2.24 bits per heavy atom. The third kappa shape index (κ3) is 3.24. The van der Waals surface area contributed by atoms with Gasteiger partial charge in [-0.1, -0.05) is 12.1 Å². The van der Waals surface area contributed by atoms with Crippen LogP contribution < -0.4 is 5.32 Å². The van der Waals surface area contributed by atoms with Crippen molar-refractivity contribution in [3.63, 3.8) is 0 Å². The molecule has 0 bridgehead atoms. The maximum Gasteiger partial charge on any atom is 0.307 e. The number of sulfone groups is 1. The Bertz CT molecular complexity index is 1120.